The van der Waals surface area contributed by atoms with Crippen molar-refractivity contribution in [1.29, 1.82) is 5.41 Å². The van der Waals surface area contributed by atoms with E-state index in [9.17, 15) is 4.79 Å². The standard InChI is InChI=1S/C19H18N4OS/c1-19(10-17(24)23(2)18(20)22-19)14-5-3-4-12(8-14)13-6-7-16-15(9-13)21-11-25-16/h3-9,11H,10H2,1-2H3,(H2,20,22). The first-order valence-corrected chi connectivity index (χ1v) is 8.92. The van der Waals surface area contributed by atoms with E-state index in [2.05, 4.69) is 40.6 Å². The molecule has 0 spiro atoms. The summed E-state index contributed by atoms with van der Waals surface area (Å²) in [5, 5.41) is 11.2. The molecule has 0 radical (unpaired) electrons. The number of nitrogens with zero attached hydrogens (tertiary/aromatic N) is 2. The number of hydrogen-bond donors (Lipinski definition) is 2. The second kappa shape index (κ2) is 5.67. The molecule has 1 unspecified atom stereocenters. The Balaban J connectivity index is 1.74. The van der Waals surface area contributed by atoms with Gasteiger partial charge in [-0.15, -0.1) is 11.3 Å². The van der Waals surface area contributed by atoms with E-state index in [0.29, 0.717) is 6.42 Å². The van der Waals surface area contributed by atoms with Gasteiger partial charge in [0, 0.05) is 7.05 Å². The molecule has 4 rings (SSSR count). The average molecular weight is 350 g/mol. The van der Waals surface area contributed by atoms with Crippen molar-refractivity contribution in [2.75, 3.05) is 7.05 Å². The molecule has 1 aliphatic heterocycles. The molecule has 0 aliphatic carbocycles. The van der Waals surface area contributed by atoms with Gasteiger partial charge in [-0.1, -0.05) is 24.3 Å². The molecule has 5 nitrogen and oxygen atoms in total. The van der Waals surface area contributed by atoms with Crippen molar-refractivity contribution in [2.24, 2.45) is 0 Å². The lowest BCUT2D eigenvalue weighted by atomic mass is 9.85. The number of benzene rings is 2. The lowest BCUT2D eigenvalue weighted by Gasteiger charge is -2.39. The zero-order valence-corrected chi connectivity index (χ0v) is 14.9. The third-order valence-electron chi connectivity index (χ3n) is 4.77. The zero-order chi connectivity index (χ0) is 17.6. The number of carbonyl (C=O) groups excluding carboxylic acids is 1. The quantitative estimate of drug-likeness (QED) is 0.742. The SMILES string of the molecule is CN1C(=N)NC(C)(c2cccc(-c3ccc4scnc4c3)c2)CC1=O. The summed E-state index contributed by atoms with van der Waals surface area (Å²) < 4.78 is 1.17. The minimum Gasteiger partial charge on any atom is -0.346 e. The Morgan fingerprint density at radius 1 is 1.24 bits per heavy atom. The number of thiazole rings is 1. The van der Waals surface area contributed by atoms with Crippen molar-refractivity contribution in [3.63, 3.8) is 0 Å². The van der Waals surface area contributed by atoms with Crippen LogP contribution in [0.1, 0.15) is 18.9 Å². The first-order chi connectivity index (χ1) is 12.0. The van der Waals surface area contributed by atoms with Crippen LogP contribution in [0.15, 0.2) is 48.0 Å². The molecule has 1 fully saturated rings. The van der Waals surface area contributed by atoms with E-state index in [1.54, 1.807) is 18.4 Å². The Morgan fingerprint density at radius 2 is 2.04 bits per heavy atom. The van der Waals surface area contributed by atoms with Crippen LogP contribution in [0.25, 0.3) is 21.3 Å². The largest absolute Gasteiger partial charge is 0.346 e. The van der Waals surface area contributed by atoms with E-state index < -0.39 is 5.54 Å². The molecule has 1 aliphatic rings. The highest BCUT2D eigenvalue weighted by Crippen LogP contribution is 2.32. The molecule has 1 saturated heterocycles. The number of guanidine groups is 1. The average Bonchev–Trinajstić information content (AvgIpc) is 3.07. The number of nitrogens with one attached hydrogen (secondary N) is 2. The number of fused-ring (bicyclic) bond motifs is 1. The van der Waals surface area contributed by atoms with Crippen LogP contribution in [0.4, 0.5) is 0 Å². The lowest BCUT2D eigenvalue weighted by Crippen LogP contribution is -2.58. The van der Waals surface area contributed by atoms with Gasteiger partial charge in [0.1, 0.15) is 0 Å². The van der Waals surface area contributed by atoms with Crippen LogP contribution in [-0.2, 0) is 10.3 Å². The maximum atomic E-state index is 12.2. The number of carbonyl (C=O) groups is 1. The third-order valence-corrected chi connectivity index (χ3v) is 5.58. The highest BCUT2D eigenvalue weighted by molar-refractivity contribution is 7.16. The van der Waals surface area contributed by atoms with Crippen molar-refractivity contribution in [3.8, 4) is 11.1 Å². The zero-order valence-electron chi connectivity index (χ0n) is 14.0. The Labute approximate surface area is 149 Å². The summed E-state index contributed by atoms with van der Waals surface area (Å²) in [7, 11) is 1.62. The van der Waals surface area contributed by atoms with Gasteiger partial charge in [-0.05, 0) is 41.8 Å². The third kappa shape index (κ3) is 2.68. The molecule has 6 heteroatoms. The van der Waals surface area contributed by atoms with E-state index in [1.807, 2.05) is 24.6 Å². The molecular formula is C19H18N4OS. The monoisotopic (exact) mass is 350 g/mol. The van der Waals surface area contributed by atoms with Gasteiger partial charge in [0.05, 0.1) is 27.7 Å². The molecule has 0 saturated carbocycles. The smallest absolute Gasteiger partial charge is 0.231 e. The summed E-state index contributed by atoms with van der Waals surface area (Å²) in [5.74, 6) is 0.0774. The second-order valence-corrected chi connectivity index (χ2v) is 7.44. The fourth-order valence-electron chi connectivity index (χ4n) is 3.19. The van der Waals surface area contributed by atoms with Gasteiger partial charge in [-0.25, -0.2) is 4.98 Å². The maximum Gasteiger partial charge on any atom is 0.231 e. The number of hydrogen-bond acceptors (Lipinski definition) is 4. The number of aromatic nitrogens is 1. The Hall–Kier alpha value is -2.73. The number of rotatable bonds is 2. The van der Waals surface area contributed by atoms with Gasteiger partial charge in [0.2, 0.25) is 5.91 Å². The first kappa shape index (κ1) is 15.8. The Bertz CT molecular complexity index is 976. The number of amides is 1. The molecule has 3 aromatic rings. The molecule has 1 amide bonds. The highest BCUT2D eigenvalue weighted by Gasteiger charge is 2.37. The van der Waals surface area contributed by atoms with E-state index in [4.69, 9.17) is 5.41 Å². The van der Waals surface area contributed by atoms with Gasteiger partial charge < -0.3 is 5.32 Å². The van der Waals surface area contributed by atoms with Gasteiger partial charge >= 0.3 is 0 Å². The highest BCUT2D eigenvalue weighted by atomic mass is 32.1. The second-order valence-electron chi connectivity index (χ2n) is 6.55. The van der Waals surface area contributed by atoms with Crippen LogP contribution in [0.3, 0.4) is 0 Å². The van der Waals surface area contributed by atoms with Crippen LogP contribution >= 0.6 is 11.3 Å². The fraction of sp³-hybridized carbons (Fsp3) is 0.211. The molecule has 2 aromatic carbocycles. The Morgan fingerprint density at radius 3 is 2.84 bits per heavy atom. The summed E-state index contributed by atoms with van der Waals surface area (Å²) >= 11 is 1.63. The van der Waals surface area contributed by atoms with E-state index in [-0.39, 0.29) is 11.9 Å². The molecule has 2 heterocycles. The topological polar surface area (TPSA) is 69.1 Å². The molecular weight excluding hydrogens is 332 g/mol. The first-order valence-electron chi connectivity index (χ1n) is 8.04. The van der Waals surface area contributed by atoms with Crippen molar-refractivity contribution in [1.82, 2.24) is 15.2 Å². The van der Waals surface area contributed by atoms with Crippen molar-refractivity contribution >= 4 is 33.4 Å². The van der Waals surface area contributed by atoms with Crippen LogP contribution in [0.5, 0.6) is 0 Å². The molecule has 1 aromatic heterocycles. The van der Waals surface area contributed by atoms with E-state index >= 15 is 0 Å². The molecule has 25 heavy (non-hydrogen) atoms. The van der Waals surface area contributed by atoms with Crippen LogP contribution in [0, 0.1) is 5.41 Å². The summed E-state index contributed by atoms with van der Waals surface area (Å²) in [5.41, 5.74) is 5.43. The summed E-state index contributed by atoms with van der Waals surface area (Å²) in [6.07, 6.45) is 0.320. The van der Waals surface area contributed by atoms with Crippen LogP contribution in [-0.4, -0.2) is 28.8 Å². The summed E-state index contributed by atoms with van der Waals surface area (Å²) in [6, 6.07) is 14.4. The van der Waals surface area contributed by atoms with E-state index in [0.717, 1.165) is 22.2 Å². The van der Waals surface area contributed by atoms with Gasteiger partial charge in [0.15, 0.2) is 5.96 Å². The molecule has 2 N–H and O–H groups in total. The van der Waals surface area contributed by atoms with Gasteiger partial charge in [0.25, 0.3) is 0 Å². The predicted molar refractivity (Wildman–Crippen MR) is 101 cm³/mol. The molecule has 1 atom stereocenters. The van der Waals surface area contributed by atoms with Crippen molar-refractivity contribution in [3.05, 3.63) is 53.5 Å². The molecule has 0 bridgehead atoms. The Kier molecular flexibility index (Phi) is 3.58. The minimum absolute atomic E-state index is 0.0551. The van der Waals surface area contributed by atoms with Crippen LogP contribution < -0.4 is 5.32 Å². The normalized spacial score (nSPS) is 20.8. The maximum absolute atomic E-state index is 12.2. The van der Waals surface area contributed by atoms with Crippen molar-refractivity contribution < 1.29 is 4.79 Å². The predicted octanol–water partition coefficient (Wildman–Crippen LogP) is 3.56. The molecule has 126 valence electrons. The summed E-state index contributed by atoms with van der Waals surface area (Å²) in [6.45, 7) is 1.97. The fourth-order valence-corrected chi connectivity index (χ4v) is 3.85. The van der Waals surface area contributed by atoms with Gasteiger partial charge in [-0.2, -0.15) is 0 Å². The lowest BCUT2D eigenvalue weighted by molar-refractivity contribution is -0.129. The summed E-state index contributed by atoms with van der Waals surface area (Å²) in [4.78, 5) is 17.9. The van der Waals surface area contributed by atoms with Gasteiger partial charge in [-0.3, -0.25) is 15.1 Å². The van der Waals surface area contributed by atoms with Crippen LogP contribution in [0.2, 0.25) is 0 Å². The van der Waals surface area contributed by atoms with E-state index in [1.165, 1.54) is 9.60 Å². The minimum atomic E-state index is -0.582. The van der Waals surface area contributed by atoms with Crippen molar-refractivity contribution in [2.45, 2.75) is 18.9 Å².